The average Bonchev–Trinajstić information content (AvgIpc) is 3.23. The van der Waals surface area contributed by atoms with Gasteiger partial charge in [-0.3, -0.25) is 10.1 Å². The molecule has 1 N–H and O–H groups in total. The number of thioether (sulfide) groups is 1. The third-order valence-corrected chi connectivity index (χ3v) is 5.20. The first-order chi connectivity index (χ1) is 10.7. The smallest absolute Gasteiger partial charge is 0.322 e. The number of furan rings is 1. The van der Waals surface area contributed by atoms with E-state index in [0.29, 0.717) is 11.5 Å². The van der Waals surface area contributed by atoms with Gasteiger partial charge in [0.1, 0.15) is 0 Å². The van der Waals surface area contributed by atoms with Crippen LogP contribution in [0.4, 0.5) is 6.01 Å². The summed E-state index contributed by atoms with van der Waals surface area (Å²) in [4.78, 5) is 13.1. The molecule has 0 bridgehead atoms. The summed E-state index contributed by atoms with van der Waals surface area (Å²) in [5.41, 5.74) is 0. The van der Waals surface area contributed by atoms with Crippen LogP contribution in [0.25, 0.3) is 11.7 Å². The lowest BCUT2D eigenvalue weighted by molar-refractivity contribution is -0.113. The number of hydrogen-bond donors (Lipinski definition) is 1. The van der Waals surface area contributed by atoms with Crippen molar-refractivity contribution in [1.29, 1.82) is 0 Å². The fourth-order valence-corrected chi connectivity index (χ4v) is 3.48. The maximum absolute atomic E-state index is 11.9. The minimum atomic E-state index is -0.178. The predicted octanol–water partition coefficient (Wildman–Crippen LogP) is 3.82. The molecule has 1 amide bonds. The molecule has 3 aromatic heterocycles. The summed E-state index contributed by atoms with van der Waals surface area (Å²) in [6.45, 7) is 2.07. The zero-order chi connectivity index (χ0) is 15.4. The Morgan fingerprint density at radius 1 is 1.41 bits per heavy atom. The van der Waals surface area contributed by atoms with Crippen molar-refractivity contribution in [3.63, 3.8) is 0 Å². The quantitative estimate of drug-likeness (QED) is 0.737. The van der Waals surface area contributed by atoms with Gasteiger partial charge in [-0.1, -0.05) is 11.2 Å². The molecule has 0 fully saturated rings. The largest absolute Gasteiger partial charge is 0.459 e. The van der Waals surface area contributed by atoms with Gasteiger partial charge in [-0.15, -0.1) is 28.2 Å². The summed E-state index contributed by atoms with van der Waals surface area (Å²) < 4.78 is 10.5. The Kier molecular flexibility index (Phi) is 4.59. The van der Waals surface area contributed by atoms with Gasteiger partial charge in [0.25, 0.3) is 5.89 Å². The number of anilines is 1. The van der Waals surface area contributed by atoms with Gasteiger partial charge in [0, 0.05) is 10.1 Å². The van der Waals surface area contributed by atoms with E-state index in [1.807, 2.05) is 11.4 Å². The van der Waals surface area contributed by atoms with Crippen LogP contribution in [0, 0.1) is 0 Å². The summed E-state index contributed by atoms with van der Waals surface area (Å²) in [5, 5.41) is 12.5. The van der Waals surface area contributed by atoms with Gasteiger partial charge in [0.2, 0.25) is 5.91 Å². The van der Waals surface area contributed by atoms with Crippen LogP contribution in [-0.2, 0) is 4.79 Å². The molecule has 0 spiro atoms. The molecule has 3 heterocycles. The maximum atomic E-state index is 11.9. The third kappa shape index (κ3) is 3.58. The van der Waals surface area contributed by atoms with Crippen molar-refractivity contribution in [1.82, 2.24) is 10.2 Å². The number of thiophene rings is 1. The first-order valence-corrected chi connectivity index (χ1v) is 8.47. The van der Waals surface area contributed by atoms with Crippen molar-refractivity contribution in [2.45, 2.75) is 12.2 Å². The zero-order valence-corrected chi connectivity index (χ0v) is 13.3. The molecule has 0 radical (unpaired) electrons. The summed E-state index contributed by atoms with van der Waals surface area (Å²) >= 11 is 3.24. The number of aromatic nitrogens is 2. The lowest BCUT2D eigenvalue weighted by Gasteiger charge is -2.07. The van der Waals surface area contributed by atoms with E-state index < -0.39 is 0 Å². The Bertz CT molecular complexity index is 722. The molecule has 6 nitrogen and oxygen atoms in total. The van der Waals surface area contributed by atoms with Crippen molar-refractivity contribution >= 4 is 35.0 Å². The van der Waals surface area contributed by atoms with E-state index in [-0.39, 0.29) is 23.1 Å². The molecule has 0 aliphatic rings. The van der Waals surface area contributed by atoms with Gasteiger partial charge in [-0.05, 0) is 30.5 Å². The van der Waals surface area contributed by atoms with E-state index >= 15 is 0 Å². The number of carbonyl (C=O) groups is 1. The molecule has 0 aromatic carbocycles. The molecule has 0 saturated heterocycles. The molecule has 3 rings (SSSR count). The fourth-order valence-electron chi connectivity index (χ4n) is 1.73. The van der Waals surface area contributed by atoms with Crippen molar-refractivity contribution in [2.24, 2.45) is 0 Å². The molecular formula is C14H13N3O3S2. The standard InChI is InChI=1S/C14H13N3O3S2/c1-9(11-5-3-7-21-11)22-8-12(18)15-14-17-16-13(20-14)10-4-2-6-19-10/h2-7,9H,8H2,1H3,(H,15,17,18)/t9-/m0/s1. The molecular weight excluding hydrogens is 322 g/mol. The van der Waals surface area contributed by atoms with Crippen LogP contribution in [-0.4, -0.2) is 21.9 Å². The minimum Gasteiger partial charge on any atom is -0.459 e. The Morgan fingerprint density at radius 3 is 3.05 bits per heavy atom. The second kappa shape index (κ2) is 6.80. The van der Waals surface area contributed by atoms with Crippen molar-refractivity contribution in [3.05, 3.63) is 40.8 Å². The van der Waals surface area contributed by atoms with E-state index in [1.165, 1.54) is 11.1 Å². The Balaban J connectivity index is 1.52. The highest BCUT2D eigenvalue weighted by atomic mass is 32.2. The van der Waals surface area contributed by atoms with Crippen molar-refractivity contribution in [3.8, 4) is 11.7 Å². The predicted molar refractivity (Wildman–Crippen MR) is 85.8 cm³/mol. The lowest BCUT2D eigenvalue weighted by Crippen LogP contribution is -2.14. The monoisotopic (exact) mass is 335 g/mol. The normalized spacial score (nSPS) is 12.2. The summed E-state index contributed by atoms with van der Waals surface area (Å²) in [7, 11) is 0. The molecule has 22 heavy (non-hydrogen) atoms. The van der Waals surface area contributed by atoms with E-state index in [9.17, 15) is 4.79 Å². The Labute approximate surface area is 134 Å². The second-order valence-electron chi connectivity index (χ2n) is 4.41. The van der Waals surface area contributed by atoms with E-state index in [2.05, 4.69) is 28.5 Å². The summed E-state index contributed by atoms with van der Waals surface area (Å²) in [5.74, 6) is 0.842. The van der Waals surface area contributed by atoms with Gasteiger partial charge >= 0.3 is 6.01 Å². The minimum absolute atomic E-state index is 0.0702. The van der Waals surface area contributed by atoms with Crippen LogP contribution in [0.15, 0.2) is 44.7 Å². The second-order valence-corrected chi connectivity index (χ2v) is 6.71. The Morgan fingerprint density at radius 2 is 2.32 bits per heavy atom. The number of nitrogens with one attached hydrogen (secondary N) is 1. The summed E-state index contributed by atoms with van der Waals surface area (Å²) in [6.07, 6.45) is 1.51. The highest BCUT2D eigenvalue weighted by Gasteiger charge is 2.14. The van der Waals surface area contributed by atoms with Crippen LogP contribution < -0.4 is 5.32 Å². The first-order valence-electron chi connectivity index (χ1n) is 6.54. The highest BCUT2D eigenvalue weighted by Crippen LogP contribution is 2.31. The van der Waals surface area contributed by atoms with Crippen LogP contribution in [0.2, 0.25) is 0 Å². The molecule has 0 aliphatic heterocycles. The van der Waals surface area contributed by atoms with Crippen molar-refractivity contribution < 1.29 is 13.6 Å². The fraction of sp³-hybridized carbons (Fsp3) is 0.214. The lowest BCUT2D eigenvalue weighted by atomic mass is 10.4. The van der Waals surface area contributed by atoms with E-state index in [0.717, 1.165) is 0 Å². The molecule has 0 unspecified atom stereocenters. The Hall–Kier alpha value is -2.06. The molecule has 3 aromatic rings. The zero-order valence-electron chi connectivity index (χ0n) is 11.7. The molecule has 0 aliphatic carbocycles. The van der Waals surface area contributed by atoms with Crippen LogP contribution in [0.3, 0.4) is 0 Å². The summed E-state index contributed by atoms with van der Waals surface area (Å²) in [6, 6.07) is 7.57. The molecule has 114 valence electrons. The highest BCUT2D eigenvalue weighted by molar-refractivity contribution is 8.00. The number of carbonyl (C=O) groups excluding carboxylic acids is 1. The SMILES string of the molecule is C[C@H](SCC(=O)Nc1nnc(-c2ccco2)o1)c1cccs1. The topological polar surface area (TPSA) is 81.2 Å². The van der Waals surface area contributed by atoms with Gasteiger partial charge in [0.05, 0.1) is 12.0 Å². The molecule has 1 atom stereocenters. The number of amides is 1. The van der Waals surface area contributed by atoms with Gasteiger partial charge < -0.3 is 8.83 Å². The van der Waals surface area contributed by atoms with Crippen LogP contribution in [0.1, 0.15) is 17.1 Å². The maximum Gasteiger partial charge on any atom is 0.322 e. The number of rotatable bonds is 6. The van der Waals surface area contributed by atoms with Crippen molar-refractivity contribution in [2.75, 3.05) is 11.1 Å². The van der Waals surface area contributed by atoms with Gasteiger partial charge in [-0.2, -0.15) is 0 Å². The molecule has 8 heteroatoms. The first kappa shape index (κ1) is 14.9. The van der Waals surface area contributed by atoms with Gasteiger partial charge in [-0.25, -0.2) is 0 Å². The van der Waals surface area contributed by atoms with Crippen LogP contribution in [0.5, 0.6) is 0 Å². The van der Waals surface area contributed by atoms with E-state index in [1.54, 1.807) is 35.2 Å². The molecule has 0 saturated carbocycles. The third-order valence-electron chi connectivity index (χ3n) is 2.81. The van der Waals surface area contributed by atoms with Gasteiger partial charge in [0.15, 0.2) is 5.76 Å². The number of hydrogen-bond acceptors (Lipinski definition) is 7. The number of nitrogens with zero attached hydrogens (tertiary/aromatic N) is 2. The van der Waals surface area contributed by atoms with Crippen LogP contribution >= 0.6 is 23.1 Å². The van der Waals surface area contributed by atoms with E-state index in [4.69, 9.17) is 8.83 Å². The average molecular weight is 335 g/mol.